The van der Waals surface area contributed by atoms with Gasteiger partial charge < -0.3 is 19.3 Å². The third-order valence-electron chi connectivity index (χ3n) is 4.12. The first-order chi connectivity index (χ1) is 13.9. The largest absolute Gasteiger partial charge is 0.465 e. The van der Waals surface area contributed by atoms with Crippen LogP contribution in [0.1, 0.15) is 64.9 Å². The minimum absolute atomic E-state index is 0.100. The highest BCUT2D eigenvalue weighted by atomic mass is 35.5. The normalized spacial score (nSPS) is 12.9. The van der Waals surface area contributed by atoms with Crippen molar-refractivity contribution in [2.45, 2.75) is 65.0 Å². The van der Waals surface area contributed by atoms with Crippen molar-refractivity contribution in [2.75, 3.05) is 6.61 Å². The lowest BCUT2D eigenvalue weighted by Crippen LogP contribution is -2.36. The Morgan fingerprint density at radius 2 is 1.80 bits per heavy atom. The monoisotopic (exact) mass is 437 g/mol. The second-order valence-electron chi connectivity index (χ2n) is 8.33. The van der Waals surface area contributed by atoms with Gasteiger partial charge in [-0.25, -0.2) is 4.79 Å². The number of aromatic nitrogens is 2. The number of ether oxygens (including phenoxy) is 2. The van der Waals surface area contributed by atoms with E-state index in [9.17, 15) is 9.59 Å². The molecule has 0 radical (unpaired) electrons. The lowest BCUT2D eigenvalue weighted by atomic mass is 9.93. The highest BCUT2D eigenvalue weighted by Crippen LogP contribution is 2.26. The number of carbonyl (C=O) groups is 2. The molecule has 0 aliphatic carbocycles. The standard InChI is InChI=1S/C21H28ClN3O5/c1-7-28-18(26)21(5,6)17-24-16(25-30-17)15(23-19(27)29-20(2,3)4)12-13-8-10-14(22)11-9-13/h8-11,15H,7,12H2,1-6H3,(H,23,27)/t15-/m0/s1. The van der Waals surface area contributed by atoms with Crippen molar-refractivity contribution in [1.82, 2.24) is 15.5 Å². The maximum Gasteiger partial charge on any atom is 0.408 e. The quantitative estimate of drug-likeness (QED) is 0.641. The fourth-order valence-corrected chi connectivity index (χ4v) is 2.67. The van der Waals surface area contributed by atoms with E-state index in [2.05, 4.69) is 15.5 Å². The van der Waals surface area contributed by atoms with E-state index in [0.717, 1.165) is 5.56 Å². The first-order valence-electron chi connectivity index (χ1n) is 9.67. The predicted molar refractivity (Wildman–Crippen MR) is 111 cm³/mol. The summed E-state index contributed by atoms with van der Waals surface area (Å²) in [6.07, 6.45) is -0.243. The van der Waals surface area contributed by atoms with Gasteiger partial charge in [0.25, 0.3) is 0 Å². The number of nitrogens with zero attached hydrogens (tertiary/aromatic N) is 2. The van der Waals surface area contributed by atoms with Crippen molar-refractivity contribution in [3.63, 3.8) is 0 Å². The fraction of sp³-hybridized carbons (Fsp3) is 0.524. The third-order valence-corrected chi connectivity index (χ3v) is 4.37. The van der Waals surface area contributed by atoms with Crippen LogP contribution in [0.5, 0.6) is 0 Å². The van der Waals surface area contributed by atoms with Crippen LogP contribution >= 0.6 is 11.6 Å². The minimum Gasteiger partial charge on any atom is -0.465 e. The second-order valence-corrected chi connectivity index (χ2v) is 8.77. The second kappa shape index (κ2) is 9.47. The van der Waals surface area contributed by atoms with Gasteiger partial charge in [0.05, 0.1) is 12.6 Å². The van der Waals surface area contributed by atoms with E-state index in [1.54, 1.807) is 53.7 Å². The van der Waals surface area contributed by atoms with Gasteiger partial charge in [0.2, 0.25) is 5.89 Å². The Morgan fingerprint density at radius 1 is 1.17 bits per heavy atom. The minimum atomic E-state index is -1.13. The van der Waals surface area contributed by atoms with Crippen LogP contribution in [0.4, 0.5) is 4.79 Å². The third kappa shape index (κ3) is 6.45. The van der Waals surface area contributed by atoms with Crippen LogP contribution in [0, 0.1) is 0 Å². The molecule has 0 bridgehead atoms. The molecule has 1 aromatic carbocycles. The van der Waals surface area contributed by atoms with Crippen molar-refractivity contribution < 1.29 is 23.6 Å². The van der Waals surface area contributed by atoms with Crippen molar-refractivity contribution in [1.29, 1.82) is 0 Å². The van der Waals surface area contributed by atoms with Crippen LogP contribution in [0.3, 0.4) is 0 Å². The van der Waals surface area contributed by atoms with Crippen LogP contribution < -0.4 is 5.32 Å². The van der Waals surface area contributed by atoms with Crippen molar-refractivity contribution in [3.05, 3.63) is 46.6 Å². The number of hydrogen-bond acceptors (Lipinski definition) is 7. The Morgan fingerprint density at radius 3 is 2.37 bits per heavy atom. The maximum atomic E-state index is 12.4. The van der Waals surface area contributed by atoms with Gasteiger partial charge in [-0.05, 0) is 59.2 Å². The van der Waals surface area contributed by atoms with Crippen molar-refractivity contribution in [3.8, 4) is 0 Å². The molecule has 1 aromatic heterocycles. The Labute approximate surface area is 181 Å². The van der Waals surface area contributed by atoms with E-state index in [0.29, 0.717) is 11.4 Å². The molecule has 0 unspecified atom stereocenters. The SMILES string of the molecule is CCOC(=O)C(C)(C)c1nc([C@H](Cc2ccc(Cl)cc2)NC(=O)OC(C)(C)C)no1. The van der Waals surface area contributed by atoms with Crippen molar-refractivity contribution >= 4 is 23.7 Å². The predicted octanol–water partition coefficient (Wildman–Crippen LogP) is 4.37. The molecular weight excluding hydrogens is 410 g/mol. The number of benzene rings is 1. The molecule has 0 aliphatic heterocycles. The first-order valence-corrected chi connectivity index (χ1v) is 10.1. The van der Waals surface area contributed by atoms with E-state index < -0.39 is 29.1 Å². The lowest BCUT2D eigenvalue weighted by Gasteiger charge is -2.22. The molecule has 1 N–H and O–H groups in total. The Bertz CT molecular complexity index is 872. The number of esters is 1. The molecule has 0 spiro atoms. The zero-order chi connectivity index (χ0) is 22.5. The number of amides is 1. The average Bonchev–Trinajstić information content (AvgIpc) is 3.12. The molecule has 0 aliphatic rings. The van der Waals surface area contributed by atoms with Crippen LogP contribution in [-0.4, -0.2) is 34.4 Å². The molecule has 2 rings (SSSR count). The van der Waals surface area contributed by atoms with Crippen LogP contribution in [0.15, 0.2) is 28.8 Å². The molecule has 1 amide bonds. The summed E-state index contributed by atoms with van der Waals surface area (Å²) in [5, 5.41) is 7.38. The molecule has 164 valence electrons. The number of nitrogens with one attached hydrogen (secondary N) is 1. The average molecular weight is 438 g/mol. The molecule has 8 nitrogen and oxygen atoms in total. The number of carbonyl (C=O) groups excluding carboxylic acids is 2. The van der Waals surface area contributed by atoms with E-state index in [1.807, 2.05) is 12.1 Å². The summed E-state index contributed by atoms with van der Waals surface area (Å²) in [5.74, 6) is -0.152. The summed E-state index contributed by atoms with van der Waals surface area (Å²) in [4.78, 5) is 29.0. The number of halogens is 1. The lowest BCUT2D eigenvalue weighted by molar-refractivity contribution is -0.149. The molecule has 30 heavy (non-hydrogen) atoms. The summed E-state index contributed by atoms with van der Waals surface area (Å²) < 4.78 is 15.8. The van der Waals surface area contributed by atoms with Gasteiger partial charge in [0.1, 0.15) is 11.0 Å². The molecule has 0 fully saturated rings. The van der Waals surface area contributed by atoms with E-state index in [-0.39, 0.29) is 18.3 Å². The van der Waals surface area contributed by atoms with E-state index in [4.69, 9.17) is 25.6 Å². The Balaban J connectivity index is 2.29. The molecule has 1 heterocycles. The summed E-state index contributed by atoms with van der Waals surface area (Å²) in [6, 6.07) is 6.56. The van der Waals surface area contributed by atoms with Gasteiger partial charge in [-0.3, -0.25) is 4.79 Å². The zero-order valence-electron chi connectivity index (χ0n) is 18.1. The van der Waals surface area contributed by atoms with Gasteiger partial charge in [-0.2, -0.15) is 4.98 Å². The van der Waals surface area contributed by atoms with Crippen LogP contribution in [-0.2, 0) is 26.1 Å². The fourth-order valence-electron chi connectivity index (χ4n) is 2.54. The first kappa shape index (κ1) is 23.7. The topological polar surface area (TPSA) is 104 Å². The molecule has 2 aromatic rings. The zero-order valence-corrected chi connectivity index (χ0v) is 18.9. The van der Waals surface area contributed by atoms with Gasteiger partial charge in [-0.15, -0.1) is 0 Å². The number of hydrogen-bond donors (Lipinski definition) is 1. The van der Waals surface area contributed by atoms with Gasteiger partial charge in [0, 0.05) is 11.4 Å². The summed E-state index contributed by atoms with van der Waals surface area (Å²) in [6.45, 7) is 10.6. The molecule has 0 saturated carbocycles. The highest BCUT2D eigenvalue weighted by Gasteiger charge is 2.38. The van der Waals surface area contributed by atoms with Gasteiger partial charge in [0.15, 0.2) is 5.82 Å². The smallest absolute Gasteiger partial charge is 0.408 e. The maximum absolute atomic E-state index is 12.4. The van der Waals surface area contributed by atoms with Crippen LogP contribution in [0.2, 0.25) is 5.02 Å². The Kier molecular flexibility index (Phi) is 7.47. The molecular formula is C21H28ClN3O5. The van der Waals surface area contributed by atoms with Gasteiger partial charge in [-0.1, -0.05) is 28.9 Å². The Hall–Kier alpha value is -2.61. The summed E-state index contributed by atoms with van der Waals surface area (Å²) >= 11 is 5.96. The van der Waals surface area contributed by atoms with Crippen LogP contribution in [0.25, 0.3) is 0 Å². The van der Waals surface area contributed by atoms with Crippen molar-refractivity contribution in [2.24, 2.45) is 0 Å². The van der Waals surface area contributed by atoms with E-state index >= 15 is 0 Å². The summed E-state index contributed by atoms with van der Waals surface area (Å²) in [5.41, 5.74) is -0.891. The van der Waals surface area contributed by atoms with E-state index in [1.165, 1.54) is 0 Å². The number of rotatable bonds is 7. The molecule has 0 saturated heterocycles. The number of alkyl carbamates (subject to hydrolysis) is 1. The van der Waals surface area contributed by atoms with Gasteiger partial charge >= 0.3 is 12.1 Å². The molecule has 9 heteroatoms. The molecule has 1 atom stereocenters. The summed E-state index contributed by atoms with van der Waals surface area (Å²) in [7, 11) is 0. The highest BCUT2D eigenvalue weighted by molar-refractivity contribution is 6.30.